The highest BCUT2D eigenvalue weighted by Crippen LogP contribution is 2.18. The lowest BCUT2D eigenvalue weighted by atomic mass is 9.94. The van der Waals surface area contributed by atoms with Crippen molar-refractivity contribution in [2.24, 2.45) is 5.92 Å². The summed E-state index contributed by atoms with van der Waals surface area (Å²) in [7, 11) is 0. The van der Waals surface area contributed by atoms with Crippen LogP contribution in [0.2, 0.25) is 0 Å². The molecular weight excluding hydrogens is 188 g/mol. The van der Waals surface area contributed by atoms with E-state index in [1.807, 2.05) is 0 Å². The summed E-state index contributed by atoms with van der Waals surface area (Å²) in [6, 6.07) is 0. The number of rotatable bonds is 5. The summed E-state index contributed by atoms with van der Waals surface area (Å²) in [4.78, 5) is 2.31. The Balaban J connectivity index is 2.33. The maximum absolute atomic E-state index is 10.2. The summed E-state index contributed by atoms with van der Waals surface area (Å²) in [5.41, 5.74) is 0. The maximum atomic E-state index is 10.2. The van der Waals surface area contributed by atoms with Crippen molar-refractivity contribution >= 4 is 0 Å². The van der Waals surface area contributed by atoms with E-state index < -0.39 is 0 Å². The molecule has 0 aromatic heterocycles. The van der Waals surface area contributed by atoms with Crippen LogP contribution in [0, 0.1) is 5.92 Å². The number of nitrogens with one attached hydrogen (secondary N) is 1. The molecule has 1 aliphatic rings. The molecule has 1 rings (SSSR count). The van der Waals surface area contributed by atoms with E-state index in [2.05, 4.69) is 24.1 Å². The lowest BCUT2D eigenvalue weighted by molar-refractivity contribution is 0.0617. The molecule has 0 amide bonds. The van der Waals surface area contributed by atoms with Crippen molar-refractivity contribution < 1.29 is 5.11 Å². The van der Waals surface area contributed by atoms with Gasteiger partial charge in [0, 0.05) is 6.54 Å². The number of nitrogens with zero attached hydrogens (tertiary/aromatic N) is 1. The maximum Gasteiger partial charge on any atom is 0.0695 e. The second kappa shape index (κ2) is 7.20. The monoisotopic (exact) mass is 214 g/mol. The van der Waals surface area contributed by atoms with Crippen LogP contribution in [0.3, 0.4) is 0 Å². The fraction of sp³-hybridized carbons (Fsp3) is 1.00. The summed E-state index contributed by atoms with van der Waals surface area (Å²) in [5, 5.41) is 13.6. The van der Waals surface area contributed by atoms with Crippen molar-refractivity contribution in [2.75, 3.05) is 32.7 Å². The molecule has 1 heterocycles. The van der Waals surface area contributed by atoms with Crippen molar-refractivity contribution in [1.82, 2.24) is 10.2 Å². The molecule has 3 heteroatoms. The Labute approximate surface area is 93.9 Å². The molecule has 0 aromatic rings. The minimum absolute atomic E-state index is 0.134. The van der Waals surface area contributed by atoms with Crippen molar-refractivity contribution in [3.8, 4) is 0 Å². The molecule has 0 saturated carbocycles. The second-order valence-corrected chi connectivity index (χ2v) is 4.49. The number of aliphatic hydroxyl groups is 1. The van der Waals surface area contributed by atoms with Crippen LogP contribution in [0.1, 0.15) is 33.1 Å². The second-order valence-electron chi connectivity index (χ2n) is 4.49. The van der Waals surface area contributed by atoms with Gasteiger partial charge in [0.2, 0.25) is 0 Å². The first kappa shape index (κ1) is 12.9. The Hall–Kier alpha value is -0.120. The lowest BCUT2D eigenvalue weighted by Crippen LogP contribution is -2.36. The predicted octanol–water partition coefficient (Wildman–Crippen LogP) is 1.08. The Kier molecular flexibility index (Phi) is 6.22. The largest absolute Gasteiger partial charge is 0.392 e. The summed E-state index contributed by atoms with van der Waals surface area (Å²) in [6.07, 6.45) is 3.38. The average Bonchev–Trinajstić information content (AvgIpc) is 2.54. The van der Waals surface area contributed by atoms with Crippen LogP contribution >= 0.6 is 0 Å². The molecule has 2 N–H and O–H groups in total. The predicted molar refractivity (Wildman–Crippen MR) is 64.0 cm³/mol. The smallest absolute Gasteiger partial charge is 0.0695 e. The minimum atomic E-state index is -0.134. The van der Waals surface area contributed by atoms with Gasteiger partial charge in [0.1, 0.15) is 0 Å². The van der Waals surface area contributed by atoms with E-state index in [9.17, 15) is 5.11 Å². The van der Waals surface area contributed by atoms with Gasteiger partial charge in [-0.25, -0.2) is 0 Å². The van der Waals surface area contributed by atoms with Crippen molar-refractivity contribution in [2.45, 2.75) is 39.2 Å². The van der Waals surface area contributed by atoms with E-state index in [-0.39, 0.29) is 6.10 Å². The van der Waals surface area contributed by atoms with Crippen LogP contribution in [0.5, 0.6) is 0 Å². The Bertz CT molecular complexity index is 152. The molecule has 3 nitrogen and oxygen atoms in total. The third-order valence-corrected chi connectivity index (χ3v) is 3.50. The van der Waals surface area contributed by atoms with Crippen LogP contribution in [0.25, 0.3) is 0 Å². The third-order valence-electron chi connectivity index (χ3n) is 3.50. The van der Waals surface area contributed by atoms with Crippen molar-refractivity contribution in [3.05, 3.63) is 0 Å². The van der Waals surface area contributed by atoms with Crippen LogP contribution in [0.15, 0.2) is 0 Å². The number of hydrogen-bond acceptors (Lipinski definition) is 3. The van der Waals surface area contributed by atoms with Gasteiger partial charge in [0.15, 0.2) is 0 Å². The molecule has 1 aliphatic heterocycles. The summed E-state index contributed by atoms with van der Waals surface area (Å²) in [6.45, 7) is 9.43. The van der Waals surface area contributed by atoms with Crippen LogP contribution in [-0.4, -0.2) is 48.8 Å². The van der Waals surface area contributed by atoms with Crippen LogP contribution in [0.4, 0.5) is 0 Å². The molecule has 2 unspecified atom stereocenters. The third kappa shape index (κ3) is 4.49. The van der Waals surface area contributed by atoms with Gasteiger partial charge in [-0.2, -0.15) is 0 Å². The summed E-state index contributed by atoms with van der Waals surface area (Å²) >= 11 is 0. The van der Waals surface area contributed by atoms with Crippen molar-refractivity contribution in [3.63, 3.8) is 0 Å². The van der Waals surface area contributed by atoms with E-state index in [4.69, 9.17) is 0 Å². The zero-order chi connectivity index (χ0) is 11.1. The first-order chi connectivity index (χ1) is 7.27. The molecule has 90 valence electrons. The number of aliphatic hydroxyl groups excluding tert-OH is 1. The van der Waals surface area contributed by atoms with Gasteiger partial charge in [-0.1, -0.05) is 13.8 Å². The highest BCUT2D eigenvalue weighted by molar-refractivity contribution is 4.75. The molecule has 0 aliphatic carbocycles. The number of hydrogen-bond donors (Lipinski definition) is 2. The highest BCUT2D eigenvalue weighted by Gasteiger charge is 2.21. The standard InChI is InChI=1S/C12H26N2O/c1-3-14(4-2)10-12(15)11-6-5-8-13-9-7-11/h11-13,15H,3-10H2,1-2H3. The van der Waals surface area contributed by atoms with E-state index in [1.165, 1.54) is 12.8 Å². The van der Waals surface area contributed by atoms with E-state index >= 15 is 0 Å². The van der Waals surface area contributed by atoms with Gasteiger partial charge in [-0.3, -0.25) is 0 Å². The molecule has 0 bridgehead atoms. The molecule has 2 atom stereocenters. The Morgan fingerprint density at radius 3 is 2.67 bits per heavy atom. The number of likely N-dealkylation sites (N-methyl/N-ethyl adjacent to an activating group) is 1. The molecule has 1 saturated heterocycles. The average molecular weight is 214 g/mol. The van der Waals surface area contributed by atoms with Crippen LogP contribution < -0.4 is 5.32 Å². The lowest BCUT2D eigenvalue weighted by Gasteiger charge is -2.27. The zero-order valence-electron chi connectivity index (χ0n) is 10.2. The SMILES string of the molecule is CCN(CC)CC(O)C1CCCNCC1. The fourth-order valence-electron chi connectivity index (χ4n) is 2.33. The van der Waals surface area contributed by atoms with Crippen molar-refractivity contribution in [1.29, 1.82) is 0 Å². The topological polar surface area (TPSA) is 35.5 Å². The minimum Gasteiger partial charge on any atom is -0.392 e. The molecular formula is C12H26N2O. The Morgan fingerprint density at radius 1 is 1.27 bits per heavy atom. The van der Waals surface area contributed by atoms with Gasteiger partial charge < -0.3 is 15.3 Å². The normalized spacial score (nSPS) is 25.2. The highest BCUT2D eigenvalue weighted by atomic mass is 16.3. The van der Waals surface area contributed by atoms with E-state index in [0.29, 0.717) is 5.92 Å². The molecule has 0 radical (unpaired) electrons. The first-order valence-corrected chi connectivity index (χ1v) is 6.39. The zero-order valence-corrected chi connectivity index (χ0v) is 10.2. The van der Waals surface area contributed by atoms with E-state index in [1.54, 1.807) is 0 Å². The van der Waals surface area contributed by atoms with Crippen LogP contribution in [-0.2, 0) is 0 Å². The fourth-order valence-corrected chi connectivity index (χ4v) is 2.33. The molecule has 1 fully saturated rings. The van der Waals surface area contributed by atoms with Gasteiger partial charge in [0.25, 0.3) is 0 Å². The first-order valence-electron chi connectivity index (χ1n) is 6.39. The van der Waals surface area contributed by atoms with Gasteiger partial charge in [0.05, 0.1) is 6.10 Å². The molecule has 15 heavy (non-hydrogen) atoms. The van der Waals surface area contributed by atoms with E-state index in [0.717, 1.165) is 39.1 Å². The molecule has 0 aromatic carbocycles. The van der Waals surface area contributed by atoms with Gasteiger partial charge >= 0.3 is 0 Å². The van der Waals surface area contributed by atoms with Gasteiger partial charge in [-0.05, 0) is 51.4 Å². The quantitative estimate of drug-likeness (QED) is 0.719. The Morgan fingerprint density at radius 2 is 2.00 bits per heavy atom. The summed E-state index contributed by atoms with van der Waals surface area (Å²) in [5.74, 6) is 0.501. The molecule has 0 spiro atoms. The van der Waals surface area contributed by atoms with Gasteiger partial charge in [-0.15, -0.1) is 0 Å². The summed E-state index contributed by atoms with van der Waals surface area (Å²) < 4.78 is 0.